The first-order valence-electron chi connectivity index (χ1n) is 6.31. The monoisotopic (exact) mass is 300 g/mol. The van der Waals surface area contributed by atoms with Gasteiger partial charge in [0.15, 0.2) is 5.69 Å². The molecule has 2 aromatic rings. The molecule has 0 spiro atoms. The number of alkyl halides is 4. The number of hydrogen-bond donors (Lipinski definition) is 0. The molecule has 0 amide bonds. The maximum Gasteiger partial charge on any atom is 0.435 e. The van der Waals surface area contributed by atoms with Crippen molar-refractivity contribution < 1.29 is 13.2 Å². The molecule has 1 aromatic carbocycles. The summed E-state index contributed by atoms with van der Waals surface area (Å²) in [7, 11) is 0. The molecule has 0 atom stereocenters. The van der Waals surface area contributed by atoms with Crippen LogP contribution in [0.3, 0.4) is 0 Å². The Labute approximate surface area is 119 Å². The first-order valence-corrected chi connectivity index (χ1v) is 6.85. The lowest BCUT2D eigenvalue weighted by Gasteiger charge is -2.07. The summed E-state index contributed by atoms with van der Waals surface area (Å²) < 4.78 is 39.8. The number of rotatable bonds is 3. The Morgan fingerprint density at radius 2 is 1.85 bits per heavy atom. The number of hydrogen-bond acceptors (Lipinski definition) is 1. The van der Waals surface area contributed by atoms with Crippen molar-refractivity contribution in [1.29, 1.82) is 0 Å². The Morgan fingerprint density at radius 1 is 1.20 bits per heavy atom. The largest absolute Gasteiger partial charge is 0.435 e. The predicted octanol–water partition coefficient (Wildman–Crippen LogP) is 4.51. The second-order valence-corrected chi connectivity index (χ2v) is 5.21. The van der Waals surface area contributed by atoms with Crippen LogP contribution in [0.25, 0.3) is 5.69 Å². The van der Waals surface area contributed by atoms with Crippen molar-refractivity contribution in [2.75, 3.05) is 0 Å². The van der Waals surface area contributed by atoms with Crippen molar-refractivity contribution in [2.45, 2.75) is 30.8 Å². The molecule has 6 heteroatoms. The normalized spacial score (nSPS) is 15.6. The number of benzene rings is 1. The van der Waals surface area contributed by atoms with E-state index in [1.54, 1.807) is 24.3 Å². The van der Waals surface area contributed by atoms with Gasteiger partial charge in [0, 0.05) is 17.5 Å². The molecule has 1 aliphatic carbocycles. The first kappa shape index (κ1) is 13.5. The molecule has 0 N–H and O–H groups in total. The van der Waals surface area contributed by atoms with E-state index in [0.717, 1.165) is 24.5 Å². The second kappa shape index (κ2) is 4.81. The van der Waals surface area contributed by atoms with E-state index in [1.807, 2.05) is 0 Å². The summed E-state index contributed by atoms with van der Waals surface area (Å²) in [6, 6.07) is 8.25. The summed E-state index contributed by atoms with van der Waals surface area (Å²) in [6.07, 6.45) is -2.57. The molecule has 0 saturated heterocycles. The minimum absolute atomic E-state index is 0.186. The Balaban J connectivity index is 2.04. The average Bonchev–Trinajstić information content (AvgIpc) is 3.16. The fourth-order valence-corrected chi connectivity index (χ4v) is 2.32. The minimum Gasteiger partial charge on any atom is -0.237 e. The summed E-state index contributed by atoms with van der Waals surface area (Å²) >= 11 is 5.71. The van der Waals surface area contributed by atoms with E-state index in [1.165, 1.54) is 4.68 Å². The van der Waals surface area contributed by atoms with E-state index in [9.17, 15) is 13.2 Å². The highest BCUT2D eigenvalue weighted by Crippen LogP contribution is 2.42. The van der Waals surface area contributed by atoms with E-state index < -0.39 is 11.9 Å². The second-order valence-electron chi connectivity index (χ2n) is 4.94. The molecule has 1 aliphatic rings. The van der Waals surface area contributed by atoms with Gasteiger partial charge >= 0.3 is 6.18 Å². The molecule has 3 rings (SSSR count). The highest BCUT2D eigenvalue weighted by Gasteiger charge is 2.38. The lowest BCUT2D eigenvalue weighted by Crippen LogP contribution is -2.07. The zero-order valence-electron chi connectivity index (χ0n) is 10.5. The van der Waals surface area contributed by atoms with Crippen LogP contribution < -0.4 is 0 Å². The number of aromatic nitrogens is 2. The van der Waals surface area contributed by atoms with Crippen LogP contribution in [0, 0.1) is 0 Å². The molecule has 2 nitrogen and oxygen atoms in total. The van der Waals surface area contributed by atoms with Crippen molar-refractivity contribution in [1.82, 2.24) is 9.78 Å². The van der Waals surface area contributed by atoms with Crippen molar-refractivity contribution in [3.05, 3.63) is 47.3 Å². The quantitative estimate of drug-likeness (QED) is 0.763. The van der Waals surface area contributed by atoms with Gasteiger partial charge in [0.25, 0.3) is 0 Å². The van der Waals surface area contributed by atoms with Gasteiger partial charge in [-0.05, 0) is 36.6 Å². The summed E-state index contributed by atoms with van der Waals surface area (Å²) in [5.74, 6) is 0.564. The molecular formula is C14H12ClF3N2. The van der Waals surface area contributed by atoms with Crippen LogP contribution >= 0.6 is 11.6 Å². The third kappa shape index (κ3) is 2.54. The maximum atomic E-state index is 12.8. The molecule has 1 aromatic heterocycles. The van der Waals surface area contributed by atoms with Gasteiger partial charge in [0.2, 0.25) is 0 Å². The molecule has 0 radical (unpaired) electrons. The average molecular weight is 301 g/mol. The summed E-state index contributed by atoms with van der Waals surface area (Å²) in [5.41, 5.74) is 1.36. The summed E-state index contributed by atoms with van der Waals surface area (Å²) in [4.78, 5) is 0. The van der Waals surface area contributed by atoms with Crippen molar-refractivity contribution in [2.24, 2.45) is 0 Å². The van der Waals surface area contributed by atoms with Gasteiger partial charge < -0.3 is 0 Å². The molecule has 0 unspecified atom stereocenters. The predicted molar refractivity (Wildman–Crippen MR) is 70.1 cm³/mol. The van der Waals surface area contributed by atoms with Crippen molar-refractivity contribution in [3.8, 4) is 5.69 Å². The molecule has 1 heterocycles. The SMILES string of the molecule is FC(F)(F)c1cc(C2CC2)n(-c2ccc(CCl)cc2)n1. The topological polar surface area (TPSA) is 17.8 Å². The van der Waals surface area contributed by atoms with Gasteiger partial charge in [-0.2, -0.15) is 18.3 Å². The van der Waals surface area contributed by atoms with Gasteiger partial charge in [-0.3, -0.25) is 0 Å². The van der Waals surface area contributed by atoms with Crippen LogP contribution in [-0.4, -0.2) is 9.78 Å². The van der Waals surface area contributed by atoms with Gasteiger partial charge in [0.05, 0.1) is 5.69 Å². The molecular weight excluding hydrogens is 289 g/mol. The molecule has 106 valence electrons. The molecule has 20 heavy (non-hydrogen) atoms. The summed E-state index contributed by atoms with van der Waals surface area (Å²) in [5, 5.41) is 3.73. The van der Waals surface area contributed by atoms with E-state index >= 15 is 0 Å². The van der Waals surface area contributed by atoms with E-state index in [0.29, 0.717) is 17.3 Å². The number of nitrogens with zero attached hydrogens (tertiary/aromatic N) is 2. The Morgan fingerprint density at radius 3 is 2.35 bits per heavy atom. The van der Waals surface area contributed by atoms with Crippen molar-refractivity contribution in [3.63, 3.8) is 0 Å². The van der Waals surface area contributed by atoms with Gasteiger partial charge in [-0.1, -0.05) is 12.1 Å². The zero-order valence-corrected chi connectivity index (χ0v) is 11.2. The highest BCUT2D eigenvalue weighted by atomic mass is 35.5. The van der Waals surface area contributed by atoms with Crippen LogP contribution in [0.15, 0.2) is 30.3 Å². The van der Waals surface area contributed by atoms with E-state index in [-0.39, 0.29) is 5.92 Å². The fourth-order valence-electron chi connectivity index (χ4n) is 2.14. The first-order chi connectivity index (χ1) is 9.49. The van der Waals surface area contributed by atoms with E-state index in [2.05, 4.69) is 5.10 Å². The van der Waals surface area contributed by atoms with Crippen LogP contribution in [-0.2, 0) is 12.1 Å². The third-order valence-corrected chi connectivity index (χ3v) is 3.67. The molecule has 1 saturated carbocycles. The van der Waals surface area contributed by atoms with E-state index in [4.69, 9.17) is 11.6 Å². The lowest BCUT2D eigenvalue weighted by atomic mass is 10.2. The molecule has 0 aliphatic heterocycles. The Hall–Kier alpha value is -1.49. The third-order valence-electron chi connectivity index (χ3n) is 3.36. The summed E-state index contributed by atoms with van der Waals surface area (Å²) in [6.45, 7) is 0. The van der Waals surface area contributed by atoms with Crippen LogP contribution in [0.4, 0.5) is 13.2 Å². The zero-order chi connectivity index (χ0) is 14.3. The van der Waals surface area contributed by atoms with Gasteiger partial charge in [0.1, 0.15) is 0 Å². The molecule has 1 fully saturated rings. The van der Waals surface area contributed by atoms with Crippen LogP contribution in [0.5, 0.6) is 0 Å². The van der Waals surface area contributed by atoms with Crippen molar-refractivity contribution >= 4 is 11.6 Å². The number of halogens is 4. The fraction of sp³-hybridized carbons (Fsp3) is 0.357. The lowest BCUT2D eigenvalue weighted by molar-refractivity contribution is -0.141. The van der Waals surface area contributed by atoms with Gasteiger partial charge in [-0.15, -0.1) is 11.6 Å². The Bertz CT molecular complexity index is 612. The van der Waals surface area contributed by atoms with Crippen LogP contribution in [0.1, 0.15) is 35.7 Å². The van der Waals surface area contributed by atoms with Gasteiger partial charge in [-0.25, -0.2) is 4.68 Å². The standard InChI is InChI=1S/C14H12ClF3N2/c15-8-9-1-5-11(6-2-9)20-12(10-3-4-10)7-13(19-20)14(16,17)18/h1-2,5-7,10H,3-4,8H2. The minimum atomic E-state index is -4.41. The Kier molecular flexibility index (Phi) is 3.24. The maximum absolute atomic E-state index is 12.8. The highest BCUT2D eigenvalue weighted by molar-refractivity contribution is 6.17. The van der Waals surface area contributed by atoms with Crippen LogP contribution in [0.2, 0.25) is 0 Å². The molecule has 0 bridgehead atoms. The smallest absolute Gasteiger partial charge is 0.237 e.